The lowest BCUT2D eigenvalue weighted by molar-refractivity contribution is 0.102. The van der Waals surface area contributed by atoms with Crippen LogP contribution in [0.2, 0.25) is 5.02 Å². The molecule has 0 aliphatic carbocycles. The molecule has 0 bridgehead atoms. The minimum atomic E-state index is -0.364. The van der Waals surface area contributed by atoms with Crippen molar-refractivity contribution >= 4 is 23.2 Å². The van der Waals surface area contributed by atoms with Crippen LogP contribution in [0.4, 0.5) is 5.69 Å². The van der Waals surface area contributed by atoms with Crippen LogP contribution in [-0.2, 0) is 0 Å². The normalized spacial score (nSPS) is 10.0. The SMILES string of the molecule is COc1ccc(C(=O)Nc2cc(OC)c(Cl)cc2OC)c(OC)c1. The van der Waals surface area contributed by atoms with Crippen LogP contribution < -0.4 is 24.3 Å². The summed E-state index contributed by atoms with van der Waals surface area (Å²) in [4.78, 5) is 12.6. The zero-order valence-corrected chi connectivity index (χ0v) is 14.6. The molecular formula is C17H18ClNO5. The van der Waals surface area contributed by atoms with Gasteiger partial charge in [0.05, 0.1) is 44.7 Å². The highest BCUT2D eigenvalue weighted by Gasteiger charge is 2.17. The molecule has 0 aromatic heterocycles. The van der Waals surface area contributed by atoms with Crippen molar-refractivity contribution in [2.75, 3.05) is 33.8 Å². The van der Waals surface area contributed by atoms with Crippen molar-refractivity contribution < 1.29 is 23.7 Å². The maximum absolute atomic E-state index is 12.6. The van der Waals surface area contributed by atoms with Crippen molar-refractivity contribution in [1.82, 2.24) is 0 Å². The first kappa shape index (κ1) is 17.7. The first-order chi connectivity index (χ1) is 11.5. The van der Waals surface area contributed by atoms with Gasteiger partial charge in [0.25, 0.3) is 5.91 Å². The van der Waals surface area contributed by atoms with Crippen molar-refractivity contribution in [1.29, 1.82) is 0 Å². The minimum Gasteiger partial charge on any atom is -0.497 e. The molecule has 2 aromatic rings. The Balaban J connectivity index is 2.36. The Labute approximate surface area is 145 Å². The average Bonchev–Trinajstić information content (AvgIpc) is 2.61. The predicted octanol–water partition coefficient (Wildman–Crippen LogP) is 3.63. The summed E-state index contributed by atoms with van der Waals surface area (Å²) in [6.45, 7) is 0. The molecule has 128 valence electrons. The van der Waals surface area contributed by atoms with Gasteiger partial charge in [-0.25, -0.2) is 0 Å². The molecule has 0 spiro atoms. The summed E-state index contributed by atoms with van der Waals surface area (Å²) in [6.07, 6.45) is 0. The Hall–Kier alpha value is -2.60. The molecular weight excluding hydrogens is 334 g/mol. The van der Waals surface area contributed by atoms with Crippen LogP contribution in [0.1, 0.15) is 10.4 Å². The number of hydrogen-bond donors (Lipinski definition) is 1. The molecule has 0 saturated carbocycles. The summed E-state index contributed by atoms with van der Waals surface area (Å²) in [6, 6.07) is 8.09. The molecule has 0 heterocycles. The number of carbonyl (C=O) groups excluding carboxylic acids is 1. The van der Waals surface area contributed by atoms with Gasteiger partial charge < -0.3 is 24.3 Å². The van der Waals surface area contributed by atoms with Crippen molar-refractivity contribution in [3.05, 3.63) is 40.9 Å². The average molecular weight is 352 g/mol. The molecule has 0 aliphatic rings. The maximum Gasteiger partial charge on any atom is 0.259 e. The van der Waals surface area contributed by atoms with Crippen LogP contribution in [-0.4, -0.2) is 34.3 Å². The number of anilines is 1. The van der Waals surface area contributed by atoms with Crippen LogP contribution in [0.15, 0.2) is 30.3 Å². The highest BCUT2D eigenvalue weighted by Crippen LogP contribution is 2.36. The molecule has 6 nitrogen and oxygen atoms in total. The molecule has 2 rings (SSSR count). The number of hydrogen-bond acceptors (Lipinski definition) is 5. The lowest BCUT2D eigenvalue weighted by atomic mass is 10.1. The van der Waals surface area contributed by atoms with E-state index in [1.807, 2.05) is 0 Å². The number of halogens is 1. The highest BCUT2D eigenvalue weighted by atomic mass is 35.5. The maximum atomic E-state index is 12.6. The standard InChI is InChI=1S/C17H18ClNO5/c1-21-10-5-6-11(14(7-10)22-2)17(20)19-13-9-15(23-3)12(18)8-16(13)24-4/h5-9H,1-4H3,(H,19,20). The topological polar surface area (TPSA) is 66.0 Å². The van der Waals surface area contributed by atoms with Crippen LogP contribution in [0.25, 0.3) is 0 Å². The molecule has 24 heavy (non-hydrogen) atoms. The zero-order valence-electron chi connectivity index (χ0n) is 13.8. The highest BCUT2D eigenvalue weighted by molar-refractivity contribution is 6.32. The fourth-order valence-electron chi connectivity index (χ4n) is 2.13. The number of nitrogens with one attached hydrogen (secondary N) is 1. The largest absolute Gasteiger partial charge is 0.497 e. The van der Waals surface area contributed by atoms with Gasteiger partial charge in [0, 0.05) is 18.2 Å². The van der Waals surface area contributed by atoms with Crippen LogP contribution in [0.3, 0.4) is 0 Å². The second-order valence-electron chi connectivity index (χ2n) is 4.71. The Morgan fingerprint density at radius 2 is 1.54 bits per heavy atom. The van der Waals surface area contributed by atoms with Crippen molar-refractivity contribution in [2.24, 2.45) is 0 Å². The van der Waals surface area contributed by atoms with Crippen LogP contribution in [0.5, 0.6) is 23.0 Å². The molecule has 0 aliphatic heterocycles. The van der Waals surface area contributed by atoms with Gasteiger partial charge in [-0.1, -0.05) is 11.6 Å². The second kappa shape index (κ2) is 7.79. The Morgan fingerprint density at radius 1 is 0.875 bits per heavy atom. The minimum absolute atomic E-state index is 0.356. The smallest absolute Gasteiger partial charge is 0.259 e. The predicted molar refractivity (Wildman–Crippen MR) is 92.1 cm³/mol. The lowest BCUT2D eigenvalue weighted by Gasteiger charge is -2.14. The monoisotopic (exact) mass is 351 g/mol. The Kier molecular flexibility index (Phi) is 5.76. The Morgan fingerprint density at radius 3 is 2.12 bits per heavy atom. The van der Waals surface area contributed by atoms with E-state index >= 15 is 0 Å². The molecule has 1 amide bonds. The number of methoxy groups -OCH3 is 4. The van der Waals surface area contributed by atoms with Gasteiger partial charge in [0.15, 0.2) is 0 Å². The summed E-state index contributed by atoms with van der Waals surface area (Å²) in [5, 5.41) is 3.15. The molecule has 0 saturated heterocycles. The van der Waals surface area contributed by atoms with E-state index in [-0.39, 0.29) is 5.91 Å². The van der Waals surface area contributed by atoms with E-state index in [2.05, 4.69) is 5.32 Å². The number of carbonyl (C=O) groups is 1. The molecule has 0 radical (unpaired) electrons. The molecule has 7 heteroatoms. The third-order valence-electron chi connectivity index (χ3n) is 3.38. The molecule has 0 unspecified atom stereocenters. The number of benzene rings is 2. The fourth-order valence-corrected chi connectivity index (χ4v) is 2.36. The van der Waals surface area contributed by atoms with E-state index in [1.54, 1.807) is 37.4 Å². The first-order valence-electron chi connectivity index (χ1n) is 6.99. The van der Waals surface area contributed by atoms with Crippen LogP contribution in [0, 0.1) is 0 Å². The van der Waals surface area contributed by atoms with Crippen molar-refractivity contribution in [3.8, 4) is 23.0 Å². The first-order valence-corrected chi connectivity index (χ1v) is 7.36. The quantitative estimate of drug-likeness (QED) is 0.860. The van der Waals surface area contributed by atoms with Crippen molar-refractivity contribution in [2.45, 2.75) is 0 Å². The third-order valence-corrected chi connectivity index (χ3v) is 3.67. The van der Waals surface area contributed by atoms with Gasteiger partial charge in [0.1, 0.15) is 23.0 Å². The molecule has 2 aromatic carbocycles. The van der Waals surface area contributed by atoms with E-state index in [4.69, 9.17) is 30.5 Å². The van der Waals surface area contributed by atoms with Gasteiger partial charge in [0.2, 0.25) is 0 Å². The summed E-state index contributed by atoms with van der Waals surface area (Å²) in [5.74, 6) is 1.47. The van der Waals surface area contributed by atoms with Gasteiger partial charge in [-0.3, -0.25) is 4.79 Å². The van der Waals surface area contributed by atoms with Crippen molar-refractivity contribution in [3.63, 3.8) is 0 Å². The van der Waals surface area contributed by atoms with Gasteiger partial charge in [-0.15, -0.1) is 0 Å². The Bertz CT molecular complexity index is 748. The van der Waals surface area contributed by atoms with Gasteiger partial charge >= 0.3 is 0 Å². The summed E-state index contributed by atoms with van der Waals surface area (Å²) in [5.41, 5.74) is 0.788. The number of rotatable bonds is 6. The molecule has 0 fully saturated rings. The zero-order chi connectivity index (χ0) is 17.7. The van der Waals surface area contributed by atoms with E-state index in [9.17, 15) is 4.79 Å². The summed E-state index contributed by atoms with van der Waals surface area (Å²) < 4.78 is 20.8. The number of amides is 1. The van der Waals surface area contributed by atoms with Crippen LogP contribution >= 0.6 is 11.6 Å². The van der Waals surface area contributed by atoms with E-state index < -0.39 is 0 Å². The van der Waals surface area contributed by atoms with Gasteiger partial charge in [-0.05, 0) is 12.1 Å². The second-order valence-corrected chi connectivity index (χ2v) is 5.11. The van der Waals surface area contributed by atoms with E-state index in [0.717, 1.165) is 0 Å². The van der Waals surface area contributed by atoms with E-state index in [0.29, 0.717) is 39.3 Å². The third kappa shape index (κ3) is 3.65. The fraction of sp³-hybridized carbons (Fsp3) is 0.235. The summed E-state index contributed by atoms with van der Waals surface area (Å²) >= 11 is 6.06. The number of ether oxygens (including phenoxy) is 4. The molecule has 0 atom stereocenters. The lowest BCUT2D eigenvalue weighted by Crippen LogP contribution is -2.14. The molecule has 1 N–H and O–H groups in total. The van der Waals surface area contributed by atoms with E-state index in [1.165, 1.54) is 21.3 Å². The summed E-state index contributed by atoms with van der Waals surface area (Å²) in [7, 11) is 6.00. The van der Waals surface area contributed by atoms with Gasteiger partial charge in [-0.2, -0.15) is 0 Å².